The number of nitrogens with two attached hydrogens (primary N) is 1. The molecule has 1 aliphatic rings. The first kappa shape index (κ1) is 16.1. The lowest BCUT2D eigenvalue weighted by Crippen LogP contribution is -1.93. The normalized spacial score (nSPS) is 12.1. The van der Waals surface area contributed by atoms with Crippen molar-refractivity contribution in [3.63, 3.8) is 0 Å². The van der Waals surface area contributed by atoms with E-state index in [1.165, 1.54) is 22.3 Å². The number of fused-ring (bicyclic) bond motifs is 3. The molecule has 0 unspecified atom stereocenters. The Kier molecular flexibility index (Phi) is 4.05. The average Bonchev–Trinajstić information content (AvgIpc) is 3.04. The Morgan fingerprint density at radius 2 is 1.58 bits per heavy atom. The number of anilines is 1. The second-order valence-corrected chi connectivity index (χ2v) is 6.14. The van der Waals surface area contributed by atoms with Crippen LogP contribution in [0.15, 0.2) is 64.8 Å². The fraction of sp³-hybridized carbons (Fsp3) is 0.143. The van der Waals surface area contributed by atoms with E-state index in [1.807, 2.05) is 6.07 Å². The molecule has 130 valence electrons. The predicted molar refractivity (Wildman–Crippen MR) is 103 cm³/mol. The van der Waals surface area contributed by atoms with E-state index >= 15 is 0 Å². The number of azo groups is 1. The fourth-order valence-electron chi connectivity index (χ4n) is 3.29. The molecule has 0 heterocycles. The summed E-state index contributed by atoms with van der Waals surface area (Å²) in [5.74, 6) is 1.10. The van der Waals surface area contributed by atoms with Crippen molar-refractivity contribution in [2.45, 2.75) is 6.42 Å². The van der Waals surface area contributed by atoms with E-state index in [-0.39, 0.29) is 0 Å². The zero-order valence-corrected chi connectivity index (χ0v) is 14.7. The average molecular weight is 345 g/mol. The van der Waals surface area contributed by atoms with E-state index in [0.717, 1.165) is 12.1 Å². The van der Waals surface area contributed by atoms with Crippen LogP contribution in [0, 0.1) is 0 Å². The summed E-state index contributed by atoms with van der Waals surface area (Å²) in [5, 5.41) is 8.72. The Morgan fingerprint density at radius 1 is 0.808 bits per heavy atom. The SMILES string of the molecule is COc1cc(N=Nc2ccc3c(c2)Cc2ccccc2-3)c(OC)cc1N. The molecule has 0 saturated carbocycles. The molecular weight excluding hydrogens is 326 g/mol. The molecule has 4 rings (SSSR count). The van der Waals surface area contributed by atoms with Crippen molar-refractivity contribution in [1.82, 2.24) is 0 Å². The van der Waals surface area contributed by atoms with Gasteiger partial charge < -0.3 is 15.2 Å². The molecule has 0 fully saturated rings. The predicted octanol–water partition coefficient (Wildman–Crippen LogP) is 5.27. The molecule has 5 heteroatoms. The minimum absolute atomic E-state index is 0.499. The summed E-state index contributed by atoms with van der Waals surface area (Å²) in [6, 6.07) is 18.1. The number of hydrogen-bond acceptors (Lipinski definition) is 5. The third kappa shape index (κ3) is 2.77. The molecule has 26 heavy (non-hydrogen) atoms. The summed E-state index contributed by atoms with van der Waals surface area (Å²) in [6.45, 7) is 0. The highest BCUT2D eigenvalue weighted by atomic mass is 16.5. The zero-order valence-electron chi connectivity index (χ0n) is 14.7. The zero-order chi connectivity index (χ0) is 18.1. The van der Waals surface area contributed by atoms with Crippen LogP contribution in [-0.4, -0.2) is 14.2 Å². The number of hydrogen-bond donors (Lipinski definition) is 1. The molecule has 3 aromatic carbocycles. The van der Waals surface area contributed by atoms with Crippen molar-refractivity contribution >= 4 is 17.1 Å². The van der Waals surface area contributed by atoms with Crippen LogP contribution < -0.4 is 15.2 Å². The van der Waals surface area contributed by atoms with E-state index in [2.05, 4.69) is 46.6 Å². The maximum Gasteiger partial charge on any atom is 0.148 e. The molecule has 0 radical (unpaired) electrons. The first-order valence-corrected chi connectivity index (χ1v) is 8.34. The van der Waals surface area contributed by atoms with Crippen LogP contribution in [0.5, 0.6) is 11.5 Å². The van der Waals surface area contributed by atoms with Crippen LogP contribution >= 0.6 is 0 Å². The van der Waals surface area contributed by atoms with Gasteiger partial charge in [-0.2, -0.15) is 5.11 Å². The van der Waals surface area contributed by atoms with Crippen LogP contribution in [0.4, 0.5) is 17.1 Å². The summed E-state index contributed by atoms with van der Waals surface area (Å²) in [5.41, 5.74) is 13.0. The van der Waals surface area contributed by atoms with Crippen molar-refractivity contribution in [3.8, 4) is 22.6 Å². The molecule has 0 aromatic heterocycles. The van der Waals surface area contributed by atoms with Crippen molar-refractivity contribution in [3.05, 3.63) is 65.7 Å². The number of methoxy groups -OCH3 is 2. The molecule has 0 bridgehead atoms. The van der Waals surface area contributed by atoms with Crippen molar-refractivity contribution in [2.24, 2.45) is 10.2 Å². The van der Waals surface area contributed by atoms with Crippen molar-refractivity contribution in [1.29, 1.82) is 0 Å². The molecule has 0 saturated heterocycles. The van der Waals surface area contributed by atoms with Crippen LogP contribution in [-0.2, 0) is 6.42 Å². The Morgan fingerprint density at radius 3 is 2.38 bits per heavy atom. The molecule has 0 aliphatic heterocycles. The van der Waals surface area contributed by atoms with Gasteiger partial charge in [0.25, 0.3) is 0 Å². The molecule has 3 aromatic rings. The molecular formula is C21H19N3O2. The van der Waals surface area contributed by atoms with Crippen molar-refractivity contribution in [2.75, 3.05) is 20.0 Å². The van der Waals surface area contributed by atoms with Crippen LogP contribution in [0.2, 0.25) is 0 Å². The van der Waals surface area contributed by atoms with Crippen LogP contribution in [0.3, 0.4) is 0 Å². The Bertz CT molecular complexity index is 1010. The van der Waals surface area contributed by atoms with E-state index in [1.54, 1.807) is 26.4 Å². The number of ether oxygens (including phenoxy) is 2. The lowest BCUT2D eigenvalue weighted by molar-refractivity contribution is 0.406. The van der Waals surface area contributed by atoms with Crippen LogP contribution in [0.1, 0.15) is 11.1 Å². The van der Waals surface area contributed by atoms with Gasteiger partial charge in [0.15, 0.2) is 0 Å². The van der Waals surface area contributed by atoms with Gasteiger partial charge >= 0.3 is 0 Å². The van der Waals surface area contributed by atoms with E-state index < -0.39 is 0 Å². The second kappa shape index (κ2) is 6.52. The Balaban J connectivity index is 1.66. The second-order valence-electron chi connectivity index (χ2n) is 6.14. The number of nitrogens with zero attached hydrogens (tertiary/aromatic N) is 2. The largest absolute Gasteiger partial charge is 0.495 e. The van der Waals surface area contributed by atoms with Gasteiger partial charge in [-0.15, -0.1) is 5.11 Å². The van der Waals surface area contributed by atoms with Gasteiger partial charge in [0.05, 0.1) is 25.6 Å². The highest BCUT2D eigenvalue weighted by Crippen LogP contribution is 2.40. The molecule has 1 aliphatic carbocycles. The van der Waals surface area contributed by atoms with Gasteiger partial charge in [0.2, 0.25) is 0 Å². The van der Waals surface area contributed by atoms with Gasteiger partial charge in [0.1, 0.15) is 17.2 Å². The minimum Gasteiger partial charge on any atom is -0.495 e. The standard InChI is InChI=1S/C21H19N3O2/c1-25-20-12-19(21(26-2)11-18(20)22)24-23-15-7-8-17-14(10-15)9-13-5-3-4-6-16(13)17/h3-8,10-12H,9,22H2,1-2H3. The van der Waals surface area contributed by atoms with Crippen LogP contribution in [0.25, 0.3) is 11.1 Å². The van der Waals surface area contributed by atoms with E-state index in [9.17, 15) is 0 Å². The first-order chi connectivity index (χ1) is 12.7. The topological polar surface area (TPSA) is 69.2 Å². The van der Waals surface area contributed by atoms with Crippen molar-refractivity contribution < 1.29 is 9.47 Å². The first-order valence-electron chi connectivity index (χ1n) is 8.34. The lowest BCUT2D eigenvalue weighted by Gasteiger charge is -2.09. The third-order valence-corrected chi connectivity index (χ3v) is 4.58. The van der Waals surface area contributed by atoms with Gasteiger partial charge in [-0.05, 0) is 40.8 Å². The molecule has 0 atom stereocenters. The smallest absolute Gasteiger partial charge is 0.148 e. The van der Waals surface area contributed by atoms with Gasteiger partial charge in [0, 0.05) is 12.1 Å². The van der Waals surface area contributed by atoms with Gasteiger partial charge in [-0.3, -0.25) is 0 Å². The number of nitrogen functional groups attached to an aromatic ring is 1. The summed E-state index contributed by atoms with van der Waals surface area (Å²) in [4.78, 5) is 0. The summed E-state index contributed by atoms with van der Waals surface area (Å²) in [7, 11) is 3.14. The fourth-order valence-corrected chi connectivity index (χ4v) is 3.29. The summed E-state index contributed by atoms with van der Waals surface area (Å²) < 4.78 is 10.6. The molecule has 2 N–H and O–H groups in total. The summed E-state index contributed by atoms with van der Waals surface area (Å²) >= 11 is 0. The minimum atomic E-state index is 0.499. The number of benzene rings is 3. The highest BCUT2D eigenvalue weighted by molar-refractivity contribution is 5.78. The summed E-state index contributed by atoms with van der Waals surface area (Å²) in [6.07, 6.45) is 0.924. The Hall–Kier alpha value is -3.34. The lowest BCUT2D eigenvalue weighted by atomic mass is 10.1. The number of rotatable bonds is 4. The maximum atomic E-state index is 5.91. The maximum absolute atomic E-state index is 5.91. The molecule has 0 spiro atoms. The monoisotopic (exact) mass is 345 g/mol. The third-order valence-electron chi connectivity index (χ3n) is 4.58. The quantitative estimate of drug-likeness (QED) is 0.404. The van der Waals surface area contributed by atoms with E-state index in [4.69, 9.17) is 15.2 Å². The van der Waals surface area contributed by atoms with Gasteiger partial charge in [-0.1, -0.05) is 30.3 Å². The molecule has 5 nitrogen and oxygen atoms in total. The highest BCUT2D eigenvalue weighted by Gasteiger charge is 2.17. The van der Waals surface area contributed by atoms with Gasteiger partial charge in [-0.25, -0.2) is 0 Å². The molecule has 0 amide bonds. The van der Waals surface area contributed by atoms with E-state index in [0.29, 0.717) is 22.9 Å². The Labute approximate surface area is 152 Å².